The number of nitrogens with one attached hydrogen (secondary N) is 2. The van der Waals surface area contributed by atoms with Crippen LogP contribution in [0.4, 0.5) is 0 Å². The fourth-order valence-electron chi connectivity index (χ4n) is 2.00. The van der Waals surface area contributed by atoms with Crippen LogP contribution in [0.5, 0.6) is 11.5 Å². The molecule has 2 aromatic carbocycles. The number of hydrogen-bond donors (Lipinski definition) is 2. The summed E-state index contributed by atoms with van der Waals surface area (Å²) in [5, 5.41) is 6.55. The van der Waals surface area contributed by atoms with Crippen molar-refractivity contribution in [2.75, 3.05) is 7.05 Å². The van der Waals surface area contributed by atoms with Crippen molar-refractivity contribution in [3.63, 3.8) is 0 Å². The molecule has 0 bridgehead atoms. The number of benzene rings is 2. The predicted molar refractivity (Wildman–Crippen MR) is 107 cm³/mol. The average Bonchev–Trinajstić information content (AvgIpc) is 2.52. The number of hydrogen-bond acceptors (Lipinski definition) is 2. The number of halogens is 1. The van der Waals surface area contributed by atoms with Gasteiger partial charge in [0, 0.05) is 19.6 Å². The van der Waals surface area contributed by atoms with Crippen LogP contribution in [0.25, 0.3) is 0 Å². The van der Waals surface area contributed by atoms with Gasteiger partial charge in [0.25, 0.3) is 0 Å². The molecule has 0 saturated carbocycles. The zero-order chi connectivity index (χ0) is 15.8. The first-order valence-electron chi connectivity index (χ1n) is 7.46. The fraction of sp³-hybridized carbons (Fsp3) is 0.278. The minimum Gasteiger partial charge on any atom is -0.457 e. The standard InChI is InChI=1S/C18H23N3O.HI/c1-14(2)21-18(19-3)20-13-15-8-7-11-17(12-15)22-16-9-5-4-6-10-16;/h4-12,14H,13H2,1-3H3,(H2,19,20,21);1H. The molecule has 0 aliphatic heterocycles. The maximum absolute atomic E-state index is 5.84. The second kappa shape index (κ2) is 10.1. The second-order valence-corrected chi connectivity index (χ2v) is 5.29. The van der Waals surface area contributed by atoms with Gasteiger partial charge in [0.1, 0.15) is 11.5 Å². The SMILES string of the molecule is CN=C(NCc1cccc(Oc2ccccc2)c1)NC(C)C.I. The van der Waals surface area contributed by atoms with Crippen molar-refractivity contribution in [1.29, 1.82) is 0 Å². The van der Waals surface area contributed by atoms with Gasteiger partial charge in [-0.3, -0.25) is 4.99 Å². The van der Waals surface area contributed by atoms with Crippen molar-refractivity contribution in [2.24, 2.45) is 4.99 Å². The molecule has 0 unspecified atom stereocenters. The Morgan fingerprint density at radius 1 is 1.04 bits per heavy atom. The van der Waals surface area contributed by atoms with Crippen molar-refractivity contribution in [3.05, 3.63) is 60.2 Å². The Balaban J connectivity index is 0.00000264. The van der Waals surface area contributed by atoms with E-state index in [1.807, 2.05) is 48.5 Å². The molecule has 5 heteroatoms. The largest absolute Gasteiger partial charge is 0.457 e. The molecular formula is C18H24IN3O. The highest BCUT2D eigenvalue weighted by molar-refractivity contribution is 14.0. The average molecular weight is 425 g/mol. The van der Waals surface area contributed by atoms with E-state index in [2.05, 4.69) is 35.5 Å². The Bertz CT molecular complexity index is 615. The van der Waals surface area contributed by atoms with E-state index in [0.29, 0.717) is 12.6 Å². The van der Waals surface area contributed by atoms with E-state index in [9.17, 15) is 0 Å². The van der Waals surface area contributed by atoms with Crippen molar-refractivity contribution in [1.82, 2.24) is 10.6 Å². The third kappa shape index (κ3) is 6.90. The maximum atomic E-state index is 5.84. The van der Waals surface area contributed by atoms with E-state index in [1.54, 1.807) is 7.05 Å². The van der Waals surface area contributed by atoms with E-state index in [4.69, 9.17) is 4.74 Å². The normalized spacial score (nSPS) is 10.9. The maximum Gasteiger partial charge on any atom is 0.191 e. The quantitative estimate of drug-likeness (QED) is 0.430. The van der Waals surface area contributed by atoms with Gasteiger partial charge in [0.2, 0.25) is 0 Å². The molecule has 2 aromatic rings. The van der Waals surface area contributed by atoms with Crippen LogP contribution in [-0.4, -0.2) is 19.0 Å². The number of para-hydroxylation sites is 1. The summed E-state index contributed by atoms with van der Waals surface area (Å²) in [5.74, 6) is 2.46. The number of ether oxygens (including phenoxy) is 1. The minimum atomic E-state index is 0. The Labute approximate surface area is 155 Å². The molecule has 4 nitrogen and oxygen atoms in total. The number of aliphatic imine (C=N–C) groups is 1. The minimum absolute atomic E-state index is 0. The zero-order valence-corrected chi connectivity index (χ0v) is 16.1. The first-order chi connectivity index (χ1) is 10.7. The summed E-state index contributed by atoms with van der Waals surface area (Å²) in [5.41, 5.74) is 1.14. The lowest BCUT2D eigenvalue weighted by Crippen LogP contribution is -2.40. The highest BCUT2D eigenvalue weighted by Crippen LogP contribution is 2.21. The van der Waals surface area contributed by atoms with Crippen molar-refractivity contribution >= 4 is 29.9 Å². The lowest BCUT2D eigenvalue weighted by Gasteiger charge is -2.14. The van der Waals surface area contributed by atoms with Crippen LogP contribution in [0.2, 0.25) is 0 Å². The Kier molecular flexibility index (Phi) is 8.47. The lowest BCUT2D eigenvalue weighted by atomic mass is 10.2. The molecule has 0 saturated heterocycles. The Morgan fingerprint density at radius 3 is 2.39 bits per heavy atom. The van der Waals surface area contributed by atoms with Crippen molar-refractivity contribution < 1.29 is 4.74 Å². The first-order valence-corrected chi connectivity index (χ1v) is 7.46. The third-order valence-electron chi connectivity index (χ3n) is 2.99. The van der Waals surface area contributed by atoms with E-state index >= 15 is 0 Å². The molecule has 0 amide bonds. The van der Waals surface area contributed by atoms with Crippen LogP contribution in [0, 0.1) is 0 Å². The second-order valence-electron chi connectivity index (χ2n) is 5.29. The topological polar surface area (TPSA) is 45.7 Å². The molecule has 2 N–H and O–H groups in total. The molecule has 2 rings (SSSR count). The van der Waals surface area contributed by atoms with E-state index in [1.165, 1.54) is 0 Å². The van der Waals surface area contributed by atoms with Gasteiger partial charge in [-0.05, 0) is 43.7 Å². The van der Waals surface area contributed by atoms with Crippen LogP contribution in [0.15, 0.2) is 59.6 Å². The van der Waals surface area contributed by atoms with Gasteiger partial charge in [-0.1, -0.05) is 30.3 Å². The van der Waals surface area contributed by atoms with Gasteiger partial charge >= 0.3 is 0 Å². The predicted octanol–water partition coefficient (Wildman–Crippen LogP) is 4.17. The molecule has 0 spiro atoms. The van der Waals surface area contributed by atoms with Crippen LogP contribution in [-0.2, 0) is 6.54 Å². The molecule has 0 heterocycles. The number of guanidine groups is 1. The fourth-order valence-corrected chi connectivity index (χ4v) is 2.00. The third-order valence-corrected chi connectivity index (χ3v) is 2.99. The van der Waals surface area contributed by atoms with Gasteiger partial charge in [-0.25, -0.2) is 0 Å². The summed E-state index contributed by atoms with van der Waals surface area (Å²) < 4.78 is 5.84. The van der Waals surface area contributed by atoms with Crippen LogP contribution in [0.3, 0.4) is 0 Å². The summed E-state index contributed by atoms with van der Waals surface area (Å²) in [6.07, 6.45) is 0. The molecule has 0 aliphatic rings. The summed E-state index contributed by atoms with van der Waals surface area (Å²) in [7, 11) is 1.77. The van der Waals surface area contributed by atoms with Crippen molar-refractivity contribution in [2.45, 2.75) is 26.4 Å². The Morgan fingerprint density at radius 2 is 1.74 bits per heavy atom. The van der Waals surface area contributed by atoms with E-state index in [0.717, 1.165) is 23.0 Å². The number of rotatable bonds is 5. The smallest absolute Gasteiger partial charge is 0.191 e. The molecular weight excluding hydrogens is 401 g/mol. The molecule has 23 heavy (non-hydrogen) atoms. The summed E-state index contributed by atoms with van der Waals surface area (Å²) >= 11 is 0. The van der Waals surface area contributed by atoms with E-state index < -0.39 is 0 Å². The molecule has 124 valence electrons. The van der Waals surface area contributed by atoms with Gasteiger partial charge < -0.3 is 15.4 Å². The first kappa shape index (κ1) is 19.3. The van der Waals surface area contributed by atoms with Gasteiger partial charge in [0.15, 0.2) is 5.96 Å². The molecule has 0 aromatic heterocycles. The van der Waals surface area contributed by atoms with Gasteiger partial charge in [-0.2, -0.15) is 0 Å². The van der Waals surface area contributed by atoms with E-state index in [-0.39, 0.29) is 24.0 Å². The van der Waals surface area contributed by atoms with Crippen molar-refractivity contribution in [3.8, 4) is 11.5 Å². The number of nitrogens with zero attached hydrogens (tertiary/aromatic N) is 1. The zero-order valence-electron chi connectivity index (χ0n) is 13.7. The lowest BCUT2D eigenvalue weighted by molar-refractivity contribution is 0.482. The van der Waals surface area contributed by atoms with Crippen LogP contribution >= 0.6 is 24.0 Å². The van der Waals surface area contributed by atoms with Crippen LogP contribution < -0.4 is 15.4 Å². The highest BCUT2D eigenvalue weighted by atomic mass is 127. The molecule has 0 fully saturated rings. The molecule has 0 radical (unpaired) electrons. The molecule has 0 aliphatic carbocycles. The highest BCUT2D eigenvalue weighted by Gasteiger charge is 2.02. The van der Waals surface area contributed by atoms with Gasteiger partial charge in [-0.15, -0.1) is 24.0 Å². The summed E-state index contributed by atoms with van der Waals surface area (Å²) in [6.45, 7) is 4.86. The monoisotopic (exact) mass is 425 g/mol. The summed E-state index contributed by atoms with van der Waals surface area (Å²) in [4.78, 5) is 4.20. The Hall–Kier alpha value is -1.76. The van der Waals surface area contributed by atoms with Gasteiger partial charge in [0.05, 0.1) is 0 Å². The molecule has 0 atom stereocenters. The van der Waals surface area contributed by atoms with Crippen LogP contribution in [0.1, 0.15) is 19.4 Å². The summed E-state index contributed by atoms with van der Waals surface area (Å²) in [6, 6.07) is 18.2.